The Labute approximate surface area is 218 Å². The average Bonchev–Trinajstić information content (AvgIpc) is 3.27. The van der Waals surface area contributed by atoms with Crippen LogP contribution in [-0.4, -0.2) is 55.9 Å². The van der Waals surface area contributed by atoms with Crippen molar-refractivity contribution < 1.29 is 9.90 Å². The van der Waals surface area contributed by atoms with E-state index in [0.29, 0.717) is 12.4 Å². The van der Waals surface area contributed by atoms with Gasteiger partial charge in [0.25, 0.3) is 5.91 Å². The Bertz CT molecular complexity index is 1320. The van der Waals surface area contributed by atoms with Crippen molar-refractivity contribution in [2.24, 2.45) is 11.1 Å². The molecule has 2 heterocycles. The van der Waals surface area contributed by atoms with E-state index in [1.807, 2.05) is 25.1 Å². The SMILES string of the molecule is Cc1nc(C(N)=O)nn1-c1ccc(C[C@]2(CN3CCCC(C)(O)C3)C=CC(c3ccccc3)=CC2)cc1. The smallest absolute Gasteiger partial charge is 0.288 e. The molecule has 37 heavy (non-hydrogen) atoms. The predicted octanol–water partition coefficient (Wildman–Crippen LogP) is 4.09. The molecule has 1 fully saturated rings. The van der Waals surface area contributed by atoms with Crippen LogP contribution in [0.1, 0.15) is 53.8 Å². The summed E-state index contributed by atoms with van der Waals surface area (Å²) in [5, 5.41) is 15.0. The molecule has 2 aliphatic rings. The van der Waals surface area contributed by atoms with Gasteiger partial charge in [-0.15, -0.1) is 5.10 Å². The molecule has 2 aromatic carbocycles. The first-order chi connectivity index (χ1) is 17.7. The number of aromatic nitrogens is 3. The molecule has 1 aromatic heterocycles. The lowest BCUT2D eigenvalue weighted by Gasteiger charge is -2.43. The first-order valence-electron chi connectivity index (χ1n) is 12.9. The maximum atomic E-state index is 11.5. The summed E-state index contributed by atoms with van der Waals surface area (Å²) in [6, 6.07) is 18.8. The minimum absolute atomic E-state index is 0.0197. The van der Waals surface area contributed by atoms with Gasteiger partial charge in [-0.25, -0.2) is 9.67 Å². The van der Waals surface area contributed by atoms with Crippen molar-refractivity contribution >= 4 is 11.5 Å². The molecule has 2 atom stereocenters. The zero-order valence-corrected chi connectivity index (χ0v) is 21.6. The van der Waals surface area contributed by atoms with Crippen LogP contribution < -0.4 is 5.73 Å². The topological polar surface area (TPSA) is 97.3 Å². The van der Waals surface area contributed by atoms with Crippen LogP contribution >= 0.6 is 0 Å². The highest BCUT2D eigenvalue weighted by atomic mass is 16.3. The lowest BCUT2D eigenvalue weighted by Crippen LogP contribution is -2.50. The average molecular weight is 498 g/mol. The molecule has 1 amide bonds. The molecule has 0 bridgehead atoms. The van der Waals surface area contributed by atoms with E-state index < -0.39 is 11.5 Å². The molecule has 3 aromatic rings. The Morgan fingerprint density at radius 1 is 1.14 bits per heavy atom. The molecular formula is C30H35N5O2. The van der Waals surface area contributed by atoms with Crippen LogP contribution in [0.5, 0.6) is 0 Å². The number of hydrogen-bond donors (Lipinski definition) is 2. The molecule has 1 saturated heterocycles. The summed E-state index contributed by atoms with van der Waals surface area (Å²) in [5.41, 5.74) is 9.19. The number of carbonyl (C=O) groups is 1. The molecule has 192 valence electrons. The highest BCUT2D eigenvalue weighted by Crippen LogP contribution is 2.38. The Hall–Kier alpha value is -3.55. The molecular weight excluding hydrogens is 462 g/mol. The van der Waals surface area contributed by atoms with E-state index >= 15 is 0 Å². The van der Waals surface area contributed by atoms with E-state index in [1.54, 1.807) is 11.6 Å². The van der Waals surface area contributed by atoms with Crippen molar-refractivity contribution in [3.63, 3.8) is 0 Å². The number of hydrogen-bond acceptors (Lipinski definition) is 5. The van der Waals surface area contributed by atoms with Crippen LogP contribution in [0, 0.1) is 12.3 Å². The van der Waals surface area contributed by atoms with Crippen LogP contribution in [0.2, 0.25) is 0 Å². The third-order valence-electron chi connectivity index (χ3n) is 7.47. The second-order valence-corrected chi connectivity index (χ2v) is 10.8. The Kier molecular flexibility index (Phi) is 6.84. The van der Waals surface area contributed by atoms with E-state index in [2.05, 4.69) is 69.6 Å². The molecule has 1 aliphatic carbocycles. The van der Waals surface area contributed by atoms with Crippen molar-refractivity contribution in [1.82, 2.24) is 19.7 Å². The summed E-state index contributed by atoms with van der Waals surface area (Å²) in [6.07, 6.45) is 10.7. The van der Waals surface area contributed by atoms with Crippen molar-refractivity contribution in [1.29, 1.82) is 0 Å². The van der Waals surface area contributed by atoms with Gasteiger partial charge in [-0.1, -0.05) is 60.7 Å². The zero-order chi connectivity index (χ0) is 26.0. The Morgan fingerprint density at radius 2 is 1.89 bits per heavy atom. The van der Waals surface area contributed by atoms with Crippen molar-refractivity contribution in [3.8, 4) is 5.69 Å². The highest BCUT2D eigenvalue weighted by Gasteiger charge is 2.35. The summed E-state index contributed by atoms with van der Waals surface area (Å²) < 4.78 is 1.64. The van der Waals surface area contributed by atoms with Gasteiger partial charge < -0.3 is 10.8 Å². The quantitative estimate of drug-likeness (QED) is 0.512. The summed E-state index contributed by atoms with van der Waals surface area (Å²) in [7, 11) is 0. The van der Waals surface area contributed by atoms with Crippen LogP contribution in [0.4, 0.5) is 0 Å². The van der Waals surface area contributed by atoms with E-state index in [1.165, 1.54) is 16.7 Å². The number of carbonyl (C=O) groups excluding carboxylic acids is 1. The predicted molar refractivity (Wildman–Crippen MR) is 145 cm³/mol. The Morgan fingerprint density at radius 3 is 2.51 bits per heavy atom. The number of rotatable bonds is 7. The van der Waals surface area contributed by atoms with Gasteiger partial charge in [0.05, 0.1) is 11.3 Å². The van der Waals surface area contributed by atoms with Crippen molar-refractivity contribution in [2.75, 3.05) is 19.6 Å². The van der Waals surface area contributed by atoms with E-state index in [0.717, 1.165) is 44.5 Å². The number of β-amino-alcohol motifs (C(OH)–C–C–N with tert-alkyl or cyclic N) is 1. The minimum Gasteiger partial charge on any atom is -0.389 e. The summed E-state index contributed by atoms with van der Waals surface area (Å²) >= 11 is 0. The number of amides is 1. The molecule has 0 radical (unpaired) electrons. The third kappa shape index (κ3) is 5.73. The van der Waals surface area contributed by atoms with E-state index in [4.69, 9.17) is 5.73 Å². The fourth-order valence-electron chi connectivity index (χ4n) is 5.67. The number of allylic oxidation sites excluding steroid dienone is 3. The lowest BCUT2D eigenvalue weighted by molar-refractivity contribution is -0.0244. The van der Waals surface area contributed by atoms with Crippen LogP contribution in [0.3, 0.4) is 0 Å². The first kappa shape index (κ1) is 25.1. The van der Waals surface area contributed by atoms with Gasteiger partial charge in [0.15, 0.2) is 0 Å². The lowest BCUT2D eigenvalue weighted by atomic mass is 9.73. The standard InChI is InChI=1S/C30H35N5O2/c1-22-32-28(27(31)36)33-35(22)26-11-9-23(10-12-26)19-30(21-34-18-6-15-29(2,37)20-34)16-13-25(14-17-30)24-7-4-3-5-8-24/h3-5,7-14,16,37H,6,15,17-21H2,1-2H3,(H2,31,36)/t29?,30-/m0/s1. The number of aryl methyl sites for hydroxylation is 1. The summed E-state index contributed by atoms with van der Waals surface area (Å²) in [5.74, 6) is -0.000581. The van der Waals surface area contributed by atoms with Crippen LogP contribution in [0.25, 0.3) is 11.3 Å². The van der Waals surface area contributed by atoms with E-state index in [-0.39, 0.29) is 11.2 Å². The van der Waals surface area contributed by atoms with Gasteiger partial charge >= 0.3 is 0 Å². The highest BCUT2D eigenvalue weighted by molar-refractivity contribution is 5.88. The van der Waals surface area contributed by atoms with Crippen LogP contribution in [0.15, 0.2) is 72.8 Å². The van der Waals surface area contributed by atoms with Gasteiger partial charge in [0.2, 0.25) is 5.82 Å². The number of primary amides is 1. The number of nitrogens with two attached hydrogens (primary N) is 1. The molecule has 1 unspecified atom stereocenters. The second-order valence-electron chi connectivity index (χ2n) is 10.8. The van der Waals surface area contributed by atoms with Crippen molar-refractivity contribution in [3.05, 3.63) is 95.6 Å². The summed E-state index contributed by atoms with van der Waals surface area (Å²) in [4.78, 5) is 18.1. The van der Waals surface area contributed by atoms with Gasteiger partial charge in [0, 0.05) is 18.5 Å². The molecule has 1 aliphatic heterocycles. The van der Waals surface area contributed by atoms with Crippen molar-refractivity contribution in [2.45, 2.75) is 45.1 Å². The molecule has 5 rings (SSSR count). The van der Waals surface area contributed by atoms with Gasteiger partial charge in [-0.3, -0.25) is 9.69 Å². The fraction of sp³-hybridized carbons (Fsp3) is 0.367. The van der Waals surface area contributed by atoms with Gasteiger partial charge in [-0.2, -0.15) is 0 Å². The first-order valence-corrected chi connectivity index (χ1v) is 12.9. The van der Waals surface area contributed by atoms with Gasteiger partial charge in [-0.05, 0) is 74.9 Å². The number of likely N-dealkylation sites (tertiary alicyclic amines) is 1. The van der Waals surface area contributed by atoms with Crippen LogP contribution in [-0.2, 0) is 6.42 Å². The number of benzene rings is 2. The maximum Gasteiger partial charge on any atom is 0.288 e. The largest absolute Gasteiger partial charge is 0.389 e. The number of nitrogens with zero attached hydrogens (tertiary/aromatic N) is 4. The second kappa shape index (κ2) is 10.1. The molecule has 0 spiro atoms. The normalized spacial score (nSPS) is 24.1. The molecule has 7 heteroatoms. The minimum atomic E-state index is -0.635. The fourth-order valence-corrected chi connectivity index (χ4v) is 5.67. The Balaban J connectivity index is 1.39. The maximum absolute atomic E-state index is 11.5. The molecule has 7 nitrogen and oxygen atoms in total. The zero-order valence-electron chi connectivity index (χ0n) is 21.6. The monoisotopic (exact) mass is 497 g/mol. The number of piperidine rings is 1. The van der Waals surface area contributed by atoms with E-state index in [9.17, 15) is 9.90 Å². The number of aliphatic hydroxyl groups is 1. The summed E-state index contributed by atoms with van der Waals surface area (Å²) in [6.45, 7) is 6.35. The third-order valence-corrected chi connectivity index (χ3v) is 7.47. The van der Waals surface area contributed by atoms with Gasteiger partial charge in [0.1, 0.15) is 5.82 Å². The molecule has 0 saturated carbocycles. The molecule has 3 N–H and O–H groups in total.